The van der Waals surface area contributed by atoms with Crippen LogP contribution in [0.25, 0.3) is 0 Å². The van der Waals surface area contributed by atoms with Gasteiger partial charge in [-0.15, -0.1) is 0 Å². The van der Waals surface area contributed by atoms with Gasteiger partial charge in [0.05, 0.1) is 0 Å². The van der Waals surface area contributed by atoms with Crippen LogP contribution in [0.2, 0.25) is 0 Å². The molecule has 1 atom stereocenters. The van der Waals surface area contributed by atoms with Crippen LogP contribution in [0.1, 0.15) is 11.1 Å². The first-order valence-electron chi connectivity index (χ1n) is 5.94. The highest BCUT2D eigenvalue weighted by molar-refractivity contribution is 5.29. The van der Waals surface area contributed by atoms with E-state index < -0.39 is 23.7 Å². The Kier molecular flexibility index (Phi) is 3.90. The standard InChI is InChI=1S/C15H14F3N/c16-13-7-4-8-14(17)12(13)9-15(18,10-19)11-5-2-1-3-6-11/h1-8H,9-10,19H2. The van der Waals surface area contributed by atoms with E-state index in [1.807, 2.05) is 0 Å². The average molecular weight is 265 g/mol. The number of rotatable bonds is 4. The van der Waals surface area contributed by atoms with E-state index in [2.05, 4.69) is 0 Å². The van der Waals surface area contributed by atoms with Crippen molar-refractivity contribution in [1.82, 2.24) is 0 Å². The number of nitrogens with two attached hydrogens (primary N) is 1. The molecule has 4 heteroatoms. The molecule has 0 amide bonds. The summed E-state index contributed by atoms with van der Waals surface area (Å²) in [6.07, 6.45) is -0.425. The summed E-state index contributed by atoms with van der Waals surface area (Å²) >= 11 is 0. The SMILES string of the molecule is NCC(F)(Cc1c(F)cccc1F)c1ccccc1. The smallest absolute Gasteiger partial charge is 0.152 e. The molecular formula is C15H14F3N. The Hall–Kier alpha value is -1.81. The lowest BCUT2D eigenvalue weighted by Gasteiger charge is -2.24. The van der Waals surface area contributed by atoms with Gasteiger partial charge < -0.3 is 5.73 Å². The quantitative estimate of drug-likeness (QED) is 0.901. The summed E-state index contributed by atoms with van der Waals surface area (Å²) in [6.45, 7) is -0.342. The Balaban J connectivity index is 2.39. The van der Waals surface area contributed by atoms with E-state index >= 15 is 0 Å². The topological polar surface area (TPSA) is 26.0 Å². The fraction of sp³-hybridized carbons (Fsp3) is 0.200. The maximum absolute atomic E-state index is 14.8. The zero-order chi connectivity index (χ0) is 13.9. The molecule has 2 rings (SSSR count). The van der Waals surface area contributed by atoms with Crippen molar-refractivity contribution in [2.45, 2.75) is 12.1 Å². The van der Waals surface area contributed by atoms with Crippen LogP contribution in [0.15, 0.2) is 48.5 Å². The summed E-state index contributed by atoms with van der Waals surface area (Å²) < 4.78 is 42.0. The van der Waals surface area contributed by atoms with Gasteiger partial charge in [-0.2, -0.15) is 0 Å². The highest BCUT2D eigenvalue weighted by atomic mass is 19.1. The maximum atomic E-state index is 14.8. The Morgan fingerprint density at radius 3 is 2.00 bits per heavy atom. The van der Waals surface area contributed by atoms with Crippen molar-refractivity contribution < 1.29 is 13.2 Å². The van der Waals surface area contributed by atoms with Crippen molar-refractivity contribution in [2.24, 2.45) is 5.73 Å². The van der Waals surface area contributed by atoms with Crippen molar-refractivity contribution >= 4 is 0 Å². The molecule has 2 N–H and O–H groups in total. The molecule has 0 heterocycles. The number of alkyl halides is 1. The second-order valence-electron chi connectivity index (χ2n) is 4.41. The normalized spacial score (nSPS) is 14.1. The van der Waals surface area contributed by atoms with Gasteiger partial charge in [-0.05, 0) is 17.7 Å². The fourth-order valence-corrected chi connectivity index (χ4v) is 2.01. The monoisotopic (exact) mass is 265 g/mol. The molecule has 0 bridgehead atoms. The third kappa shape index (κ3) is 2.79. The molecule has 0 saturated heterocycles. The minimum Gasteiger partial charge on any atom is -0.327 e. The fourth-order valence-electron chi connectivity index (χ4n) is 2.01. The van der Waals surface area contributed by atoms with Crippen molar-refractivity contribution in [3.8, 4) is 0 Å². The van der Waals surface area contributed by atoms with Crippen LogP contribution < -0.4 is 5.73 Å². The molecule has 0 aliphatic carbocycles. The van der Waals surface area contributed by atoms with Gasteiger partial charge in [0.2, 0.25) is 0 Å². The molecule has 0 fully saturated rings. The predicted octanol–water partition coefficient (Wildman–Crippen LogP) is 3.33. The summed E-state index contributed by atoms with van der Waals surface area (Å²) in [5.74, 6) is -1.52. The molecule has 19 heavy (non-hydrogen) atoms. The first-order chi connectivity index (χ1) is 9.07. The van der Waals surface area contributed by atoms with Gasteiger partial charge in [-0.3, -0.25) is 0 Å². The van der Waals surface area contributed by atoms with E-state index in [1.54, 1.807) is 30.3 Å². The molecule has 2 aromatic rings. The summed E-state index contributed by atoms with van der Waals surface area (Å²) in [5.41, 5.74) is 3.53. The van der Waals surface area contributed by atoms with Crippen molar-refractivity contribution in [3.63, 3.8) is 0 Å². The highest BCUT2D eigenvalue weighted by Crippen LogP contribution is 2.31. The molecule has 0 radical (unpaired) electrons. The number of halogens is 3. The third-order valence-electron chi connectivity index (χ3n) is 3.13. The second-order valence-corrected chi connectivity index (χ2v) is 4.41. The molecule has 0 aromatic heterocycles. The largest absolute Gasteiger partial charge is 0.327 e. The lowest BCUT2D eigenvalue weighted by atomic mass is 9.88. The zero-order valence-corrected chi connectivity index (χ0v) is 10.2. The zero-order valence-electron chi connectivity index (χ0n) is 10.2. The summed E-state index contributed by atoms with van der Waals surface area (Å²) in [7, 11) is 0. The van der Waals surface area contributed by atoms with E-state index in [4.69, 9.17) is 5.73 Å². The first kappa shape index (κ1) is 13.6. The summed E-state index contributed by atoms with van der Waals surface area (Å²) in [6, 6.07) is 11.7. The Labute approximate surface area is 109 Å². The van der Waals surface area contributed by atoms with Gasteiger partial charge in [0, 0.05) is 18.5 Å². The lowest BCUT2D eigenvalue weighted by molar-refractivity contribution is 0.171. The third-order valence-corrected chi connectivity index (χ3v) is 3.13. The molecule has 1 unspecified atom stereocenters. The van der Waals surface area contributed by atoms with Gasteiger partial charge in [-0.25, -0.2) is 13.2 Å². The van der Waals surface area contributed by atoms with Crippen LogP contribution in [0.5, 0.6) is 0 Å². The van der Waals surface area contributed by atoms with Crippen LogP contribution in [0.3, 0.4) is 0 Å². The highest BCUT2D eigenvalue weighted by Gasteiger charge is 2.32. The van der Waals surface area contributed by atoms with Crippen molar-refractivity contribution in [1.29, 1.82) is 0 Å². The van der Waals surface area contributed by atoms with Gasteiger partial charge in [0.25, 0.3) is 0 Å². The average Bonchev–Trinajstić information content (AvgIpc) is 2.44. The van der Waals surface area contributed by atoms with E-state index in [-0.39, 0.29) is 12.1 Å². The summed E-state index contributed by atoms with van der Waals surface area (Å²) in [4.78, 5) is 0. The molecule has 2 aromatic carbocycles. The molecule has 0 aliphatic rings. The van der Waals surface area contributed by atoms with Gasteiger partial charge >= 0.3 is 0 Å². The van der Waals surface area contributed by atoms with E-state index in [1.165, 1.54) is 6.07 Å². The van der Waals surface area contributed by atoms with Crippen LogP contribution in [-0.2, 0) is 12.1 Å². The maximum Gasteiger partial charge on any atom is 0.152 e. The summed E-state index contributed by atoms with van der Waals surface area (Å²) in [5, 5.41) is 0. The number of hydrogen-bond donors (Lipinski definition) is 1. The van der Waals surface area contributed by atoms with E-state index in [0.29, 0.717) is 5.56 Å². The van der Waals surface area contributed by atoms with Crippen LogP contribution >= 0.6 is 0 Å². The van der Waals surface area contributed by atoms with Crippen LogP contribution in [0, 0.1) is 11.6 Å². The molecule has 100 valence electrons. The Bertz CT molecular complexity index is 536. The molecule has 0 spiro atoms. The second kappa shape index (κ2) is 5.45. The van der Waals surface area contributed by atoms with E-state index in [0.717, 1.165) is 12.1 Å². The molecule has 1 nitrogen and oxygen atoms in total. The van der Waals surface area contributed by atoms with Crippen LogP contribution in [-0.4, -0.2) is 6.54 Å². The van der Waals surface area contributed by atoms with Gasteiger partial charge in [-0.1, -0.05) is 36.4 Å². The minimum atomic E-state index is -1.98. The molecular weight excluding hydrogens is 251 g/mol. The lowest BCUT2D eigenvalue weighted by Crippen LogP contribution is -2.33. The van der Waals surface area contributed by atoms with Gasteiger partial charge in [0.15, 0.2) is 5.67 Å². The van der Waals surface area contributed by atoms with Gasteiger partial charge in [0.1, 0.15) is 11.6 Å². The number of benzene rings is 2. The van der Waals surface area contributed by atoms with Crippen molar-refractivity contribution in [2.75, 3.05) is 6.54 Å². The minimum absolute atomic E-state index is 0.278. The molecule has 0 saturated carbocycles. The molecule has 0 aliphatic heterocycles. The predicted molar refractivity (Wildman–Crippen MR) is 68.3 cm³/mol. The first-order valence-corrected chi connectivity index (χ1v) is 5.94. The van der Waals surface area contributed by atoms with Crippen LogP contribution in [0.4, 0.5) is 13.2 Å². The Morgan fingerprint density at radius 2 is 1.47 bits per heavy atom. The number of hydrogen-bond acceptors (Lipinski definition) is 1. The Morgan fingerprint density at radius 1 is 0.895 bits per heavy atom. The van der Waals surface area contributed by atoms with E-state index in [9.17, 15) is 13.2 Å². The van der Waals surface area contributed by atoms with Crippen molar-refractivity contribution in [3.05, 3.63) is 71.3 Å².